The van der Waals surface area contributed by atoms with Crippen LogP contribution in [0.5, 0.6) is 0 Å². The standard InChI is InChI=1S/C13H15N7OS/c1-6-9(19-8(3)17-6)4-14-12(21)10-7(2)18-13(22-10)11-15-5-16-20-11/h5H,4H2,1-3H3,(H,14,21)(H,17,19)(H,15,16,20). The Labute approximate surface area is 130 Å². The van der Waals surface area contributed by atoms with Crippen LogP contribution in [-0.2, 0) is 6.54 Å². The van der Waals surface area contributed by atoms with Gasteiger partial charge in [-0.3, -0.25) is 9.89 Å². The molecule has 0 spiro atoms. The van der Waals surface area contributed by atoms with Crippen LogP contribution >= 0.6 is 11.3 Å². The number of H-pyrrole nitrogens is 2. The van der Waals surface area contributed by atoms with Gasteiger partial charge in [-0.15, -0.1) is 11.3 Å². The van der Waals surface area contributed by atoms with E-state index in [1.807, 2.05) is 13.8 Å². The van der Waals surface area contributed by atoms with Crippen molar-refractivity contribution in [2.45, 2.75) is 27.3 Å². The predicted octanol–water partition coefficient (Wildman–Crippen LogP) is 1.51. The number of thiazole rings is 1. The number of rotatable bonds is 4. The Kier molecular flexibility index (Phi) is 3.72. The van der Waals surface area contributed by atoms with Crippen molar-refractivity contribution in [1.29, 1.82) is 0 Å². The molecule has 0 aromatic carbocycles. The fourth-order valence-corrected chi connectivity index (χ4v) is 3.02. The number of aromatic nitrogens is 6. The van der Waals surface area contributed by atoms with E-state index in [4.69, 9.17) is 0 Å². The molecule has 8 nitrogen and oxygen atoms in total. The largest absolute Gasteiger partial charge is 0.346 e. The Morgan fingerprint density at radius 1 is 1.32 bits per heavy atom. The highest BCUT2D eigenvalue weighted by atomic mass is 32.1. The quantitative estimate of drug-likeness (QED) is 0.675. The summed E-state index contributed by atoms with van der Waals surface area (Å²) in [7, 11) is 0. The first-order chi connectivity index (χ1) is 10.5. The van der Waals surface area contributed by atoms with Gasteiger partial charge in [-0.05, 0) is 20.8 Å². The molecule has 0 aliphatic carbocycles. The van der Waals surface area contributed by atoms with Gasteiger partial charge in [0, 0.05) is 5.69 Å². The summed E-state index contributed by atoms with van der Waals surface area (Å²) in [5, 5.41) is 10.0. The van der Waals surface area contributed by atoms with Crippen LogP contribution in [0.4, 0.5) is 0 Å². The van der Waals surface area contributed by atoms with Crippen LogP contribution in [0.3, 0.4) is 0 Å². The summed E-state index contributed by atoms with van der Waals surface area (Å²) in [6.07, 6.45) is 1.41. The monoisotopic (exact) mass is 317 g/mol. The molecule has 0 aliphatic heterocycles. The van der Waals surface area contributed by atoms with E-state index in [2.05, 4.69) is 35.5 Å². The number of nitrogens with one attached hydrogen (secondary N) is 3. The molecule has 9 heteroatoms. The molecule has 3 rings (SSSR count). The minimum Gasteiger partial charge on any atom is -0.346 e. The Morgan fingerprint density at radius 3 is 2.77 bits per heavy atom. The van der Waals surface area contributed by atoms with E-state index in [0.717, 1.165) is 17.2 Å². The van der Waals surface area contributed by atoms with Gasteiger partial charge >= 0.3 is 0 Å². The smallest absolute Gasteiger partial charge is 0.263 e. The summed E-state index contributed by atoms with van der Waals surface area (Å²) in [6, 6.07) is 0. The van der Waals surface area contributed by atoms with Gasteiger partial charge in [0.25, 0.3) is 5.91 Å². The normalized spacial score (nSPS) is 10.9. The van der Waals surface area contributed by atoms with E-state index < -0.39 is 0 Å². The number of amides is 1. The summed E-state index contributed by atoms with van der Waals surface area (Å²) in [5.41, 5.74) is 2.47. The molecule has 0 bridgehead atoms. The lowest BCUT2D eigenvalue weighted by atomic mass is 10.3. The Hall–Kier alpha value is -2.55. The van der Waals surface area contributed by atoms with Crippen molar-refractivity contribution in [3.63, 3.8) is 0 Å². The van der Waals surface area contributed by atoms with Crippen molar-refractivity contribution < 1.29 is 4.79 Å². The number of hydrogen-bond acceptors (Lipinski definition) is 6. The molecular weight excluding hydrogens is 302 g/mol. The number of carbonyl (C=O) groups excluding carboxylic acids is 1. The van der Waals surface area contributed by atoms with E-state index in [0.29, 0.717) is 27.9 Å². The average Bonchev–Trinajstić information content (AvgIpc) is 3.16. The van der Waals surface area contributed by atoms with Crippen LogP contribution in [0.15, 0.2) is 6.33 Å². The van der Waals surface area contributed by atoms with Gasteiger partial charge in [-0.25, -0.2) is 15.0 Å². The zero-order valence-electron chi connectivity index (χ0n) is 12.4. The minimum atomic E-state index is -0.166. The van der Waals surface area contributed by atoms with Crippen molar-refractivity contribution in [3.8, 4) is 10.8 Å². The number of aryl methyl sites for hydroxylation is 3. The second kappa shape index (κ2) is 5.68. The molecule has 1 amide bonds. The molecule has 0 saturated carbocycles. The van der Waals surface area contributed by atoms with Crippen LogP contribution in [0, 0.1) is 20.8 Å². The maximum absolute atomic E-state index is 12.3. The molecule has 3 aromatic rings. The number of hydrogen-bond donors (Lipinski definition) is 3. The van der Waals surface area contributed by atoms with Gasteiger partial charge in [0.15, 0.2) is 10.8 Å². The molecule has 3 heterocycles. The van der Waals surface area contributed by atoms with Gasteiger partial charge in [0.1, 0.15) is 17.0 Å². The highest BCUT2D eigenvalue weighted by Crippen LogP contribution is 2.24. The van der Waals surface area contributed by atoms with Crippen molar-refractivity contribution >= 4 is 17.2 Å². The number of aromatic amines is 2. The maximum atomic E-state index is 12.3. The third-order valence-electron chi connectivity index (χ3n) is 3.14. The summed E-state index contributed by atoms with van der Waals surface area (Å²) in [4.78, 5) is 28.7. The predicted molar refractivity (Wildman–Crippen MR) is 81.5 cm³/mol. The van der Waals surface area contributed by atoms with Gasteiger partial charge in [-0.2, -0.15) is 5.10 Å². The third kappa shape index (κ3) is 2.75. The van der Waals surface area contributed by atoms with Crippen LogP contribution in [0.25, 0.3) is 10.8 Å². The summed E-state index contributed by atoms with van der Waals surface area (Å²) in [6.45, 7) is 6.00. The highest BCUT2D eigenvalue weighted by molar-refractivity contribution is 7.17. The number of nitrogens with zero attached hydrogens (tertiary/aromatic N) is 4. The van der Waals surface area contributed by atoms with Crippen LogP contribution in [-0.4, -0.2) is 36.0 Å². The molecular formula is C13H15N7OS. The van der Waals surface area contributed by atoms with E-state index in [-0.39, 0.29) is 5.91 Å². The van der Waals surface area contributed by atoms with E-state index in [9.17, 15) is 4.79 Å². The first-order valence-electron chi connectivity index (χ1n) is 6.68. The first kappa shape index (κ1) is 14.4. The summed E-state index contributed by atoms with van der Waals surface area (Å²) in [5.74, 6) is 1.23. The Morgan fingerprint density at radius 2 is 2.14 bits per heavy atom. The summed E-state index contributed by atoms with van der Waals surface area (Å²) >= 11 is 1.28. The molecule has 114 valence electrons. The second-order valence-electron chi connectivity index (χ2n) is 4.84. The SMILES string of the molecule is Cc1nc(CNC(=O)c2sc(-c3ncn[nH]3)nc2C)c(C)[nH]1. The van der Waals surface area contributed by atoms with Crippen molar-refractivity contribution in [3.05, 3.63) is 34.1 Å². The van der Waals surface area contributed by atoms with E-state index in [1.54, 1.807) is 6.92 Å². The molecule has 0 radical (unpaired) electrons. The third-order valence-corrected chi connectivity index (χ3v) is 4.30. The second-order valence-corrected chi connectivity index (χ2v) is 5.84. The van der Waals surface area contributed by atoms with Crippen molar-refractivity contribution in [1.82, 2.24) is 35.5 Å². The van der Waals surface area contributed by atoms with Gasteiger partial charge < -0.3 is 10.3 Å². The molecule has 0 aliphatic rings. The van der Waals surface area contributed by atoms with Gasteiger partial charge in [0.05, 0.1) is 17.9 Å². The fraction of sp³-hybridized carbons (Fsp3) is 0.308. The lowest BCUT2D eigenvalue weighted by Gasteiger charge is -2.02. The average molecular weight is 317 g/mol. The lowest BCUT2D eigenvalue weighted by molar-refractivity contribution is 0.0953. The van der Waals surface area contributed by atoms with Gasteiger partial charge in [0.2, 0.25) is 0 Å². The Bertz CT molecular complexity index is 803. The molecule has 0 unspecified atom stereocenters. The van der Waals surface area contributed by atoms with E-state index in [1.165, 1.54) is 17.7 Å². The summed E-state index contributed by atoms with van der Waals surface area (Å²) < 4.78 is 0. The number of imidazole rings is 1. The molecule has 0 atom stereocenters. The topological polar surface area (TPSA) is 112 Å². The fourth-order valence-electron chi connectivity index (χ4n) is 2.09. The Balaban J connectivity index is 1.74. The molecule has 3 aromatic heterocycles. The minimum absolute atomic E-state index is 0.166. The van der Waals surface area contributed by atoms with Crippen molar-refractivity contribution in [2.24, 2.45) is 0 Å². The maximum Gasteiger partial charge on any atom is 0.263 e. The molecule has 0 saturated heterocycles. The lowest BCUT2D eigenvalue weighted by Crippen LogP contribution is -2.23. The van der Waals surface area contributed by atoms with Gasteiger partial charge in [-0.1, -0.05) is 0 Å². The zero-order valence-corrected chi connectivity index (χ0v) is 13.2. The van der Waals surface area contributed by atoms with Crippen molar-refractivity contribution in [2.75, 3.05) is 0 Å². The zero-order chi connectivity index (χ0) is 15.7. The molecule has 0 fully saturated rings. The van der Waals surface area contributed by atoms with E-state index >= 15 is 0 Å². The van der Waals surface area contributed by atoms with Crippen LogP contribution in [0.2, 0.25) is 0 Å². The number of carbonyl (C=O) groups is 1. The van der Waals surface area contributed by atoms with Crippen LogP contribution in [0.1, 0.15) is 32.6 Å². The highest BCUT2D eigenvalue weighted by Gasteiger charge is 2.17. The molecule has 22 heavy (non-hydrogen) atoms. The first-order valence-corrected chi connectivity index (χ1v) is 7.49. The van der Waals surface area contributed by atoms with Crippen LogP contribution < -0.4 is 5.32 Å². The molecule has 3 N–H and O–H groups in total.